The minimum atomic E-state index is -0.891. The third kappa shape index (κ3) is 4.24. The second-order valence-corrected chi connectivity index (χ2v) is 9.35. The summed E-state index contributed by atoms with van der Waals surface area (Å²) in [6.07, 6.45) is 0.270. The Morgan fingerprint density at radius 1 is 1.22 bits per heavy atom. The Balaban J connectivity index is 1.47. The number of aryl methyl sites for hydroxylation is 1. The molecule has 0 aliphatic carbocycles. The first kappa shape index (κ1) is 23.7. The molecule has 3 aromatic rings. The number of rotatable bonds is 4. The van der Waals surface area contributed by atoms with Gasteiger partial charge < -0.3 is 10.1 Å². The third-order valence-corrected chi connectivity index (χ3v) is 6.56. The molecule has 0 radical (unpaired) electrons. The molecule has 1 unspecified atom stereocenters. The van der Waals surface area contributed by atoms with Crippen molar-refractivity contribution in [2.75, 3.05) is 23.4 Å². The first-order chi connectivity index (χ1) is 17.2. The lowest BCUT2D eigenvalue weighted by Crippen LogP contribution is -2.45. The first-order valence-corrected chi connectivity index (χ1v) is 11.9. The number of anilines is 2. The smallest absolute Gasteiger partial charge is 0.265 e. The summed E-state index contributed by atoms with van der Waals surface area (Å²) in [7, 11) is 0. The van der Waals surface area contributed by atoms with Crippen molar-refractivity contribution < 1.29 is 23.9 Å². The summed E-state index contributed by atoms with van der Waals surface area (Å²) in [4.78, 5) is 68.8. The van der Waals surface area contributed by atoms with Gasteiger partial charge in [0.1, 0.15) is 24.2 Å². The zero-order chi connectivity index (χ0) is 25.6. The molecule has 3 heterocycles. The Kier molecular flexibility index (Phi) is 6.04. The molecule has 1 atom stereocenters. The summed E-state index contributed by atoms with van der Waals surface area (Å²) < 4.78 is 7.48. The number of benzene rings is 2. The number of ether oxygens (including phenoxy) is 1. The Bertz CT molecular complexity index is 1520. The Morgan fingerprint density at radius 2 is 2.03 bits per heavy atom. The van der Waals surface area contributed by atoms with Crippen LogP contribution < -0.4 is 25.8 Å². The SMILES string of the molecule is Cc1nc2cccc(NC(=O)CN3C(=O)COc4cc(Br)ccc43)c2c(=O)n1C1CCC(=O)NC1=O. The van der Waals surface area contributed by atoms with Gasteiger partial charge in [-0.25, -0.2) is 4.98 Å². The van der Waals surface area contributed by atoms with Gasteiger partial charge in [-0.05, 0) is 43.7 Å². The number of imide groups is 1. The van der Waals surface area contributed by atoms with Crippen LogP contribution in [0.1, 0.15) is 24.7 Å². The molecule has 11 nitrogen and oxygen atoms in total. The number of amides is 4. The Hall–Kier alpha value is -4.06. The van der Waals surface area contributed by atoms with Crippen molar-refractivity contribution in [2.45, 2.75) is 25.8 Å². The van der Waals surface area contributed by atoms with Crippen LogP contribution in [0, 0.1) is 6.92 Å². The average molecular weight is 554 g/mol. The molecule has 1 aromatic heterocycles. The van der Waals surface area contributed by atoms with E-state index >= 15 is 0 Å². The van der Waals surface area contributed by atoms with Gasteiger partial charge in [0.25, 0.3) is 11.5 Å². The summed E-state index contributed by atoms with van der Waals surface area (Å²) in [5, 5.41) is 5.09. The molecule has 1 fully saturated rings. The third-order valence-electron chi connectivity index (χ3n) is 6.07. The zero-order valence-corrected chi connectivity index (χ0v) is 20.6. The number of hydrogen-bond acceptors (Lipinski definition) is 7. The van der Waals surface area contributed by atoms with Crippen LogP contribution in [0.3, 0.4) is 0 Å². The van der Waals surface area contributed by atoms with E-state index in [1.807, 2.05) is 0 Å². The van der Waals surface area contributed by atoms with Crippen molar-refractivity contribution in [1.82, 2.24) is 14.9 Å². The van der Waals surface area contributed by atoms with Crippen LogP contribution in [0.25, 0.3) is 10.9 Å². The molecule has 2 N–H and O–H groups in total. The predicted octanol–water partition coefficient (Wildman–Crippen LogP) is 1.81. The largest absolute Gasteiger partial charge is 0.482 e. The lowest BCUT2D eigenvalue weighted by Gasteiger charge is -2.29. The van der Waals surface area contributed by atoms with Gasteiger partial charge in [0, 0.05) is 10.9 Å². The van der Waals surface area contributed by atoms with Gasteiger partial charge in [0.05, 0.1) is 22.3 Å². The summed E-state index contributed by atoms with van der Waals surface area (Å²) in [6, 6.07) is 9.07. The number of nitrogens with one attached hydrogen (secondary N) is 2. The summed E-state index contributed by atoms with van der Waals surface area (Å²) in [5.41, 5.74) is 0.491. The summed E-state index contributed by atoms with van der Waals surface area (Å²) >= 11 is 3.35. The second kappa shape index (κ2) is 9.19. The number of aromatic nitrogens is 2. The number of carbonyl (C=O) groups is 4. The van der Waals surface area contributed by atoms with Crippen LogP contribution in [-0.4, -0.2) is 46.3 Å². The van der Waals surface area contributed by atoms with Crippen LogP contribution in [0.5, 0.6) is 5.75 Å². The minimum Gasteiger partial charge on any atom is -0.482 e. The van der Waals surface area contributed by atoms with E-state index in [0.29, 0.717) is 22.8 Å². The van der Waals surface area contributed by atoms with Crippen LogP contribution in [0.4, 0.5) is 11.4 Å². The highest BCUT2D eigenvalue weighted by Gasteiger charge is 2.31. The van der Waals surface area contributed by atoms with Gasteiger partial charge >= 0.3 is 0 Å². The predicted molar refractivity (Wildman–Crippen MR) is 133 cm³/mol. The van der Waals surface area contributed by atoms with E-state index < -0.39 is 29.3 Å². The fourth-order valence-corrected chi connectivity index (χ4v) is 4.78. The number of halogens is 1. The van der Waals surface area contributed by atoms with Crippen molar-refractivity contribution in [1.29, 1.82) is 0 Å². The van der Waals surface area contributed by atoms with Crippen molar-refractivity contribution in [3.63, 3.8) is 0 Å². The lowest BCUT2D eigenvalue weighted by atomic mass is 10.1. The average Bonchev–Trinajstić information content (AvgIpc) is 2.82. The van der Waals surface area contributed by atoms with E-state index in [1.54, 1.807) is 43.3 Å². The van der Waals surface area contributed by atoms with Gasteiger partial charge in [-0.1, -0.05) is 22.0 Å². The second-order valence-electron chi connectivity index (χ2n) is 8.43. The highest BCUT2D eigenvalue weighted by atomic mass is 79.9. The van der Waals surface area contributed by atoms with Crippen molar-refractivity contribution in [2.24, 2.45) is 0 Å². The molecule has 36 heavy (non-hydrogen) atoms. The number of fused-ring (bicyclic) bond motifs is 2. The molecule has 0 bridgehead atoms. The zero-order valence-electron chi connectivity index (χ0n) is 19.0. The van der Waals surface area contributed by atoms with Crippen LogP contribution >= 0.6 is 15.9 Å². The maximum Gasteiger partial charge on any atom is 0.265 e. The minimum absolute atomic E-state index is 0.102. The Morgan fingerprint density at radius 3 is 2.81 bits per heavy atom. The van der Waals surface area contributed by atoms with Crippen LogP contribution in [0.2, 0.25) is 0 Å². The van der Waals surface area contributed by atoms with E-state index in [9.17, 15) is 24.0 Å². The number of nitrogens with zero attached hydrogens (tertiary/aromatic N) is 3. The Labute approximate surface area is 212 Å². The number of piperidine rings is 1. The summed E-state index contributed by atoms with van der Waals surface area (Å²) in [6.45, 7) is 1.11. The highest BCUT2D eigenvalue weighted by molar-refractivity contribution is 9.10. The summed E-state index contributed by atoms with van der Waals surface area (Å²) in [5.74, 6) is -1.10. The first-order valence-electron chi connectivity index (χ1n) is 11.1. The highest BCUT2D eigenvalue weighted by Crippen LogP contribution is 2.34. The van der Waals surface area contributed by atoms with Crippen molar-refractivity contribution >= 4 is 61.8 Å². The fraction of sp³-hybridized carbons (Fsp3) is 0.250. The molecule has 184 valence electrons. The molecule has 12 heteroatoms. The van der Waals surface area contributed by atoms with E-state index in [1.165, 1.54) is 9.47 Å². The molecule has 5 rings (SSSR count). The van der Waals surface area contributed by atoms with Gasteiger partial charge in [-0.15, -0.1) is 0 Å². The van der Waals surface area contributed by atoms with E-state index in [2.05, 4.69) is 31.5 Å². The fourth-order valence-electron chi connectivity index (χ4n) is 4.44. The molecule has 0 spiro atoms. The molecule has 2 aliphatic heterocycles. The van der Waals surface area contributed by atoms with Gasteiger partial charge in [-0.2, -0.15) is 0 Å². The van der Waals surface area contributed by atoms with E-state index in [4.69, 9.17) is 4.74 Å². The molecule has 2 aromatic carbocycles. The van der Waals surface area contributed by atoms with Crippen LogP contribution in [0.15, 0.2) is 45.7 Å². The van der Waals surface area contributed by atoms with Crippen molar-refractivity contribution in [3.8, 4) is 5.75 Å². The van der Waals surface area contributed by atoms with Gasteiger partial charge in [0.2, 0.25) is 17.7 Å². The topological polar surface area (TPSA) is 140 Å². The van der Waals surface area contributed by atoms with Gasteiger partial charge in [0.15, 0.2) is 6.61 Å². The molecule has 2 aliphatic rings. The monoisotopic (exact) mass is 553 g/mol. The maximum absolute atomic E-state index is 13.5. The van der Waals surface area contributed by atoms with E-state index in [0.717, 1.165) is 4.47 Å². The van der Waals surface area contributed by atoms with Gasteiger partial charge in [-0.3, -0.25) is 38.8 Å². The quantitative estimate of drug-likeness (QED) is 0.469. The number of carbonyl (C=O) groups excluding carboxylic acids is 4. The lowest BCUT2D eigenvalue weighted by molar-refractivity contribution is -0.136. The number of hydrogen-bond donors (Lipinski definition) is 2. The molecule has 4 amide bonds. The molecule has 0 saturated carbocycles. The molecular formula is C24H20BrN5O6. The maximum atomic E-state index is 13.5. The molecule has 1 saturated heterocycles. The molecular weight excluding hydrogens is 534 g/mol. The standard InChI is InChI=1S/C24H20BrN5O6/c1-12-26-14-3-2-4-15(22(14)24(35)30(12)17-7-8-19(31)28-23(17)34)27-20(32)10-29-16-6-5-13(25)9-18(16)36-11-21(29)33/h2-6,9,17H,7-8,10-11H2,1H3,(H,27,32)(H,28,31,34). The van der Waals surface area contributed by atoms with E-state index in [-0.39, 0.29) is 43.0 Å². The van der Waals surface area contributed by atoms with Crippen LogP contribution in [-0.2, 0) is 19.2 Å². The normalized spacial score (nSPS) is 17.4. The van der Waals surface area contributed by atoms with Crippen molar-refractivity contribution in [3.05, 3.63) is 57.0 Å².